The quantitative estimate of drug-likeness (QED) is 0.644. The second kappa shape index (κ2) is 4.67. The number of aromatic nitrogens is 1. The van der Waals surface area contributed by atoms with E-state index >= 15 is 0 Å². The molecule has 0 spiro atoms. The average molecular weight is 278 g/mol. The second-order valence-electron chi connectivity index (χ2n) is 4.38. The van der Waals surface area contributed by atoms with Crippen molar-refractivity contribution in [2.45, 2.75) is 6.54 Å². The third-order valence-electron chi connectivity index (χ3n) is 3.09. The van der Waals surface area contributed by atoms with Crippen molar-refractivity contribution in [2.24, 2.45) is 0 Å². The lowest BCUT2D eigenvalue weighted by atomic mass is 10.2. The van der Waals surface area contributed by atoms with Crippen LogP contribution in [0.1, 0.15) is 5.56 Å². The second-order valence-corrected chi connectivity index (χ2v) is 4.82. The summed E-state index contributed by atoms with van der Waals surface area (Å²) in [4.78, 5) is 0. The smallest absolute Gasteiger partial charge is 0.131 e. The molecule has 1 heterocycles. The van der Waals surface area contributed by atoms with E-state index < -0.39 is 11.6 Å². The van der Waals surface area contributed by atoms with Crippen LogP contribution in [0, 0.1) is 11.6 Å². The van der Waals surface area contributed by atoms with Gasteiger partial charge in [-0.1, -0.05) is 17.7 Å². The minimum Gasteiger partial charge on any atom is -0.343 e. The molecule has 3 aromatic rings. The van der Waals surface area contributed by atoms with Crippen molar-refractivity contribution in [2.75, 3.05) is 0 Å². The molecule has 0 amide bonds. The molecular weight excluding hydrogens is 268 g/mol. The fourth-order valence-electron chi connectivity index (χ4n) is 2.14. The third-order valence-corrected chi connectivity index (χ3v) is 3.32. The molecule has 96 valence electrons. The minimum absolute atomic E-state index is 0.358. The summed E-state index contributed by atoms with van der Waals surface area (Å²) in [7, 11) is 0. The molecule has 0 aliphatic heterocycles. The van der Waals surface area contributed by atoms with E-state index in [0.29, 0.717) is 17.1 Å². The Morgan fingerprint density at radius 1 is 1.00 bits per heavy atom. The van der Waals surface area contributed by atoms with E-state index in [1.54, 1.807) is 6.07 Å². The van der Waals surface area contributed by atoms with Gasteiger partial charge in [0.25, 0.3) is 0 Å². The molecule has 0 fully saturated rings. The molecule has 1 nitrogen and oxygen atoms in total. The lowest BCUT2D eigenvalue weighted by Crippen LogP contribution is -2.00. The fourth-order valence-corrected chi connectivity index (χ4v) is 2.32. The summed E-state index contributed by atoms with van der Waals surface area (Å²) in [5.41, 5.74) is 1.42. The van der Waals surface area contributed by atoms with Gasteiger partial charge in [-0.3, -0.25) is 0 Å². The van der Waals surface area contributed by atoms with Crippen LogP contribution >= 0.6 is 11.6 Å². The normalized spacial score (nSPS) is 11.1. The molecule has 2 aromatic carbocycles. The van der Waals surface area contributed by atoms with Gasteiger partial charge < -0.3 is 4.57 Å². The van der Waals surface area contributed by atoms with Gasteiger partial charge in [0.1, 0.15) is 11.6 Å². The predicted molar refractivity (Wildman–Crippen MR) is 72.4 cm³/mol. The molecule has 0 saturated heterocycles. The maximum atomic E-state index is 13.6. The van der Waals surface area contributed by atoms with Crippen molar-refractivity contribution in [3.63, 3.8) is 0 Å². The molecule has 0 unspecified atom stereocenters. The molecule has 0 aliphatic rings. The van der Waals surface area contributed by atoms with Crippen molar-refractivity contribution in [1.29, 1.82) is 0 Å². The Morgan fingerprint density at radius 2 is 1.84 bits per heavy atom. The van der Waals surface area contributed by atoms with E-state index in [1.165, 1.54) is 12.1 Å². The van der Waals surface area contributed by atoms with Crippen LogP contribution < -0.4 is 0 Å². The molecule has 4 heteroatoms. The highest BCUT2D eigenvalue weighted by atomic mass is 35.5. The predicted octanol–water partition coefficient (Wildman–Crippen LogP) is 4.62. The van der Waals surface area contributed by atoms with Crippen LogP contribution in [0.3, 0.4) is 0 Å². The lowest BCUT2D eigenvalue weighted by molar-refractivity contribution is 0.567. The van der Waals surface area contributed by atoms with Gasteiger partial charge >= 0.3 is 0 Å². The number of rotatable bonds is 2. The zero-order chi connectivity index (χ0) is 13.4. The number of halogens is 3. The van der Waals surface area contributed by atoms with Crippen LogP contribution in [0.15, 0.2) is 48.7 Å². The summed E-state index contributed by atoms with van der Waals surface area (Å²) in [6, 6.07) is 11.1. The van der Waals surface area contributed by atoms with Gasteiger partial charge in [-0.05, 0) is 30.3 Å². The van der Waals surface area contributed by atoms with Crippen molar-refractivity contribution < 1.29 is 8.78 Å². The zero-order valence-corrected chi connectivity index (χ0v) is 10.7. The van der Waals surface area contributed by atoms with E-state index in [-0.39, 0.29) is 0 Å². The standard InChI is InChI=1S/C15H10ClF2N/c16-12-2-4-15-10(7-12)5-6-19(15)9-11-1-3-13(17)8-14(11)18/h1-8H,9H2. The number of fused-ring (bicyclic) bond motifs is 1. The Bertz CT molecular complexity index is 749. The van der Waals surface area contributed by atoms with Crippen LogP contribution in [-0.4, -0.2) is 4.57 Å². The number of nitrogens with zero attached hydrogens (tertiary/aromatic N) is 1. The highest BCUT2D eigenvalue weighted by molar-refractivity contribution is 6.31. The van der Waals surface area contributed by atoms with Crippen LogP contribution in [0.4, 0.5) is 8.78 Å². The molecule has 3 rings (SSSR count). The summed E-state index contributed by atoms with van der Waals surface area (Å²) in [6.45, 7) is 0.358. The summed E-state index contributed by atoms with van der Waals surface area (Å²) in [5, 5.41) is 1.66. The summed E-state index contributed by atoms with van der Waals surface area (Å²) < 4.78 is 28.4. The third kappa shape index (κ3) is 2.34. The fraction of sp³-hybridized carbons (Fsp3) is 0.0667. The Kier molecular flexibility index (Phi) is 2.99. The number of hydrogen-bond acceptors (Lipinski definition) is 0. The highest BCUT2D eigenvalue weighted by Gasteiger charge is 2.07. The van der Waals surface area contributed by atoms with E-state index in [1.807, 2.05) is 29.0 Å². The monoisotopic (exact) mass is 277 g/mol. The Morgan fingerprint density at radius 3 is 2.63 bits per heavy atom. The molecule has 0 bridgehead atoms. The van der Waals surface area contributed by atoms with Crippen molar-refractivity contribution >= 4 is 22.5 Å². The average Bonchev–Trinajstić information content (AvgIpc) is 2.75. The first-order chi connectivity index (χ1) is 9.13. The molecule has 0 radical (unpaired) electrons. The van der Waals surface area contributed by atoms with E-state index in [4.69, 9.17) is 11.6 Å². The molecule has 0 atom stereocenters. The zero-order valence-electron chi connectivity index (χ0n) is 9.91. The number of benzene rings is 2. The van der Waals surface area contributed by atoms with Gasteiger partial charge in [0.15, 0.2) is 0 Å². The summed E-state index contributed by atoms with van der Waals surface area (Å²) >= 11 is 5.92. The molecule has 0 N–H and O–H groups in total. The largest absolute Gasteiger partial charge is 0.343 e. The topological polar surface area (TPSA) is 4.93 Å². The van der Waals surface area contributed by atoms with Gasteiger partial charge in [-0.25, -0.2) is 8.78 Å². The Hall–Kier alpha value is -1.87. The first kappa shape index (κ1) is 12.2. The maximum absolute atomic E-state index is 13.6. The van der Waals surface area contributed by atoms with Crippen LogP contribution in [0.5, 0.6) is 0 Å². The van der Waals surface area contributed by atoms with Gasteiger partial charge in [-0.15, -0.1) is 0 Å². The SMILES string of the molecule is Fc1ccc(Cn2ccc3cc(Cl)ccc32)c(F)c1. The van der Waals surface area contributed by atoms with Crippen LogP contribution in [-0.2, 0) is 6.54 Å². The van der Waals surface area contributed by atoms with Crippen LogP contribution in [0.2, 0.25) is 5.02 Å². The van der Waals surface area contributed by atoms with Crippen LogP contribution in [0.25, 0.3) is 10.9 Å². The molecule has 0 aliphatic carbocycles. The van der Waals surface area contributed by atoms with Gasteiger partial charge in [0, 0.05) is 33.8 Å². The minimum atomic E-state index is -0.564. The van der Waals surface area contributed by atoms with E-state index in [0.717, 1.165) is 17.0 Å². The lowest BCUT2D eigenvalue weighted by Gasteiger charge is -2.07. The first-order valence-corrected chi connectivity index (χ1v) is 6.19. The molecule has 0 saturated carbocycles. The van der Waals surface area contributed by atoms with Gasteiger partial charge in [0.2, 0.25) is 0 Å². The van der Waals surface area contributed by atoms with Crippen molar-refractivity contribution in [3.8, 4) is 0 Å². The van der Waals surface area contributed by atoms with E-state index in [9.17, 15) is 8.78 Å². The molecule has 1 aromatic heterocycles. The van der Waals surface area contributed by atoms with E-state index in [2.05, 4.69) is 0 Å². The van der Waals surface area contributed by atoms with Crippen molar-refractivity contribution in [3.05, 3.63) is 70.9 Å². The maximum Gasteiger partial charge on any atom is 0.131 e. The van der Waals surface area contributed by atoms with Gasteiger partial charge in [-0.2, -0.15) is 0 Å². The first-order valence-electron chi connectivity index (χ1n) is 5.82. The van der Waals surface area contributed by atoms with Gasteiger partial charge in [0.05, 0.1) is 6.54 Å². The molecule has 19 heavy (non-hydrogen) atoms. The number of hydrogen-bond donors (Lipinski definition) is 0. The summed E-state index contributed by atoms with van der Waals surface area (Å²) in [6.07, 6.45) is 1.86. The summed E-state index contributed by atoms with van der Waals surface area (Å²) in [5.74, 6) is -1.10. The Labute approximate surface area is 114 Å². The van der Waals surface area contributed by atoms with Crippen molar-refractivity contribution in [1.82, 2.24) is 4.57 Å². The molecular formula is C15H10ClF2N. The Balaban J connectivity index is 2.01. The highest BCUT2D eigenvalue weighted by Crippen LogP contribution is 2.22.